The molecule has 0 radical (unpaired) electrons. The number of aryl methyl sites for hydroxylation is 1. The number of amides is 2. The van der Waals surface area contributed by atoms with Gasteiger partial charge in [0.25, 0.3) is 0 Å². The Morgan fingerprint density at radius 3 is 2.73 bits per heavy atom. The first-order valence-corrected chi connectivity index (χ1v) is 10.6. The van der Waals surface area contributed by atoms with E-state index in [2.05, 4.69) is 16.7 Å². The third-order valence-electron chi connectivity index (χ3n) is 4.89. The SMILES string of the molecule is CCc1ccccc1NC(=O)CSC1=C(C#N)[C@@H](c2ccccc2OC)CC(=O)N1. The topological polar surface area (TPSA) is 91.2 Å². The first kappa shape index (κ1) is 21.5. The number of nitrogens with zero attached hydrogens (tertiary/aromatic N) is 1. The van der Waals surface area contributed by atoms with Gasteiger partial charge in [-0.2, -0.15) is 5.26 Å². The minimum absolute atomic E-state index is 0.0808. The van der Waals surface area contributed by atoms with E-state index in [0.29, 0.717) is 16.4 Å². The van der Waals surface area contributed by atoms with E-state index in [9.17, 15) is 14.9 Å². The molecule has 0 unspecified atom stereocenters. The van der Waals surface area contributed by atoms with Crippen LogP contribution in [0.4, 0.5) is 5.69 Å². The number of para-hydroxylation sites is 2. The molecule has 6 nitrogen and oxygen atoms in total. The quantitative estimate of drug-likeness (QED) is 0.706. The van der Waals surface area contributed by atoms with Crippen molar-refractivity contribution in [2.24, 2.45) is 0 Å². The van der Waals surface area contributed by atoms with Crippen LogP contribution < -0.4 is 15.4 Å². The standard InChI is InChI=1S/C23H23N3O3S/c1-3-15-8-4-6-10-19(15)25-22(28)14-30-23-18(13-24)17(12-21(27)26-23)16-9-5-7-11-20(16)29-2/h4-11,17H,3,12,14H2,1-2H3,(H,25,28)(H,26,27)/t17-/m1/s1. The predicted molar refractivity (Wildman–Crippen MR) is 118 cm³/mol. The molecule has 0 aliphatic carbocycles. The minimum Gasteiger partial charge on any atom is -0.496 e. The second-order valence-electron chi connectivity index (χ2n) is 6.75. The Morgan fingerprint density at radius 2 is 2.00 bits per heavy atom. The Hall–Kier alpha value is -3.24. The fourth-order valence-electron chi connectivity index (χ4n) is 3.43. The average Bonchev–Trinajstić information content (AvgIpc) is 2.77. The van der Waals surface area contributed by atoms with E-state index < -0.39 is 5.92 Å². The zero-order valence-electron chi connectivity index (χ0n) is 16.9. The maximum Gasteiger partial charge on any atom is 0.234 e. The highest BCUT2D eigenvalue weighted by Gasteiger charge is 2.31. The fraction of sp³-hybridized carbons (Fsp3) is 0.261. The van der Waals surface area contributed by atoms with Crippen molar-refractivity contribution in [1.29, 1.82) is 5.26 Å². The van der Waals surface area contributed by atoms with E-state index in [1.54, 1.807) is 7.11 Å². The van der Waals surface area contributed by atoms with E-state index in [1.807, 2.05) is 55.5 Å². The summed E-state index contributed by atoms with van der Waals surface area (Å²) in [5.74, 6) is -0.0877. The smallest absolute Gasteiger partial charge is 0.234 e. The number of methoxy groups -OCH3 is 1. The Balaban J connectivity index is 1.79. The third kappa shape index (κ3) is 4.84. The molecule has 2 N–H and O–H groups in total. The number of carbonyl (C=O) groups excluding carboxylic acids is 2. The molecular formula is C23H23N3O3S. The molecule has 2 aromatic carbocycles. The van der Waals surface area contributed by atoms with Crippen LogP contribution in [0.2, 0.25) is 0 Å². The number of allylic oxidation sites excluding steroid dienone is 1. The molecule has 7 heteroatoms. The van der Waals surface area contributed by atoms with Crippen molar-refractivity contribution in [2.45, 2.75) is 25.7 Å². The van der Waals surface area contributed by atoms with Gasteiger partial charge >= 0.3 is 0 Å². The van der Waals surface area contributed by atoms with Crippen LogP contribution in [0.5, 0.6) is 5.75 Å². The minimum atomic E-state index is -0.411. The van der Waals surface area contributed by atoms with Crippen LogP contribution in [0.15, 0.2) is 59.1 Å². The van der Waals surface area contributed by atoms with Crippen molar-refractivity contribution in [3.05, 3.63) is 70.3 Å². The third-order valence-corrected chi connectivity index (χ3v) is 5.91. The molecule has 1 heterocycles. The molecule has 1 atom stereocenters. The van der Waals surface area contributed by atoms with Gasteiger partial charge in [-0.3, -0.25) is 9.59 Å². The van der Waals surface area contributed by atoms with Crippen LogP contribution in [-0.2, 0) is 16.0 Å². The number of nitrogens with one attached hydrogen (secondary N) is 2. The van der Waals surface area contributed by atoms with Gasteiger partial charge in [0.15, 0.2) is 0 Å². The van der Waals surface area contributed by atoms with Crippen molar-refractivity contribution < 1.29 is 14.3 Å². The lowest BCUT2D eigenvalue weighted by Crippen LogP contribution is -2.31. The van der Waals surface area contributed by atoms with E-state index in [-0.39, 0.29) is 24.0 Å². The summed E-state index contributed by atoms with van der Waals surface area (Å²) < 4.78 is 5.41. The van der Waals surface area contributed by atoms with Crippen LogP contribution in [0, 0.1) is 11.3 Å². The zero-order valence-corrected chi connectivity index (χ0v) is 17.7. The monoisotopic (exact) mass is 421 g/mol. The summed E-state index contributed by atoms with van der Waals surface area (Å²) in [5.41, 5.74) is 3.05. The van der Waals surface area contributed by atoms with Gasteiger partial charge in [0, 0.05) is 23.6 Å². The molecule has 3 rings (SSSR count). The summed E-state index contributed by atoms with van der Waals surface area (Å²) in [5, 5.41) is 15.9. The lowest BCUT2D eigenvalue weighted by Gasteiger charge is -2.26. The fourth-order valence-corrected chi connectivity index (χ4v) is 4.30. The number of anilines is 1. The molecule has 0 bridgehead atoms. The van der Waals surface area contributed by atoms with Crippen molar-refractivity contribution in [2.75, 3.05) is 18.2 Å². The Morgan fingerprint density at radius 1 is 1.27 bits per heavy atom. The number of carbonyl (C=O) groups is 2. The van der Waals surface area contributed by atoms with Gasteiger partial charge in [-0.05, 0) is 24.1 Å². The number of benzene rings is 2. The van der Waals surface area contributed by atoms with Gasteiger partial charge in [-0.15, -0.1) is 0 Å². The first-order valence-electron chi connectivity index (χ1n) is 9.65. The molecule has 2 aromatic rings. The van der Waals surface area contributed by atoms with Gasteiger partial charge in [0.1, 0.15) is 5.75 Å². The lowest BCUT2D eigenvalue weighted by atomic mass is 9.86. The summed E-state index contributed by atoms with van der Waals surface area (Å²) in [6.45, 7) is 2.03. The summed E-state index contributed by atoms with van der Waals surface area (Å²) in [6.07, 6.45) is 0.966. The highest BCUT2D eigenvalue weighted by Crippen LogP contribution is 2.39. The van der Waals surface area contributed by atoms with Gasteiger partial charge in [-0.1, -0.05) is 55.1 Å². The second kappa shape index (κ2) is 9.99. The number of hydrogen-bond acceptors (Lipinski definition) is 5. The number of ether oxygens (including phenoxy) is 1. The van der Waals surface area contributed by atoms with Crippen molar-refractivity contribution >= 4 is 29.3 Å². The molecule has 0 fully saturated rings. The maximum absolute atomic E-state index is 12.5. The maximum atomic E-state index is 12.5. The molecule has 154 valence electrons. The van der Waals surface area contributed by atoms with Gasteiger partial charge < -0.3 is 15.4 Å². The Labute approximate surface area is 180 Å². The van der Waals surface area contributed by atoms with Gasteiger partial charge in [-0.25, -0.2) is 0 Å². The first-order chi connectivity index (χ1) is 14.6. The molecular weight excluding hydrogens is 398 g/mol. The van der Waals surface area contributed by atoms with Gasteiger partial charge in [0.05, 0.1) is 29.5 Å². The van der Waals surface area contributed by atoms with Crippen LogP contribution in [-0.4, -0.2) is 24.7 Å². The lowest BCUT2D eigenvalue weighted by molar-refractivity contribution is -0.121. The number of thioether (sulfide) groups is 1. The van der Waals surface area contributed by atoms with E-state index in [4.69, 9.17) is 4.74 Å². The van der Waals surface area contributed by atoms with Crippen molar-refractivity contribution in [3.8, 4) is 11.8 Å². The summed E-state index contributed by atoms with van der Waals surface area (Å²) >= 11 is 1.16. The number of hydrogen-bond donors (Lipinski definition) is 2. The molecule has 1 aliphatic rings. The van der Waals surface area contributed by atoms with Crippen LogP contribution in [0.3, 0.4) is 0 Å². The molecule has 0 saturated heterocycles. The molecule has 1 aliphatic heterocycles. The normalized spacial score (nSPS) is 15.9. The Bertz CT molecular complexity index is 1030. The highest BCUT2D eigenvalue weighted by molar-refractivity contribution is 8.03. The van der Waals surface area contributed by atoms with E-state index in [1.165, 1.54) is 0 Å². The summed E-state index contributed by atoms with van der Waals surface area (Å²) in [4.78, 5) is 24.8. The predicted octanol–water partition coefficient (Wildman–Crippen LogP) is 3.97. The molecule has 0 saturated carbocycles. The zero-order chi connectivity index (χ0) is 21.5. The van der Waals surface area contributed by atoms with Gasteiger partial charge in [0.2, 0.25) is 11.8 Å². The van der Waals surface area contributed by atoms with Crippen molar-refractivity contribution in [1.82, 2.24) is 5.32 Å². The van der Waals surface area contributed by atoms with E-state index in [0.717, 1.165) is 35.0 Å². The van der Waals surface area contributed by atoms with Crippen LogP contribution in [0.1, 0.15) is 30.4 Å². The number of nitriles is 1. The number of rotatable bonds is 7. The summed E-state index contributed by atoms with van der Waals surface area (Å²) in [7, 11) is 1.56. The molecule has 0 aromatic heterocycles. The van der Waals surface area contributed by atoms with E-state index >= 15 is 0 Å². The Kier molecular flexibility index (Phi) is 7.15. The molecule has 30 heavy (non-hydrogen) atoms. The second-order valence-corrected chi connectivity index (χ2v) is 7.73. The van der Waals surface area contributed by atoms with Crippen LogP contribution in [0.25, 0.3) is 0 Å². The van der Waals surface area contributed by atoms with Crippen LogP contribution >= 0.6 is 11.8 Å². The largest absolute Gasteiger partial charge is 0.496 e. The molecule has 0 spiro atoms. The summed E-state index contributed by atoms with van der Waals surface area (Å²) in [6, 6.07) is 17.2. The highest BCUT2D eigenvalue weighted by atomic mass is 32.2. The van der Waals surface area contributed by atoms with Crippen molar-refractivity contribution in [3.63, 3.8) is 0 Å². The average molecular weight is 422 g/mol. The molecule has 2 amide bonds.